The Hall–Kier alpha value is -2.05. The number of carbonyl (C=O) groups is 2. The monoisotopic (exact) mass is 420 g/mol. The van der Waals surface area contributed by atoms with Crippen molar-refractivity contribution in [1.29, 1.82) is 0 Å². The molecule has 7 heteroatoms. The van der Waals surface area contributed by atoms with Gasteiger partial charge in [-0.15, -0.1) is 11.8 Å². The van der Waals surface area contributed by atoms with Gasteiger partial charge >= 0.3 is 0 Å². The molecule has 3 rings (SSSR count). The summed E-state index contributed by atoms with van der Waals surface area (Å²) < 4.78 is 13.8. The molecule has 2 aromatic rings. The number of hydrogen-bond acceptors (Lipinski definition) is 3. The maximum absolute atomic E-state index is 13.8. The Bertz CT molecular complexity index is 862. The van der Waals surface area contributed by atoms with E-state index >= 15 is 0 Å². The molecule has 0 spiro atoms. The number of carbonyl (C=O) groups excluding carboxylic acids is 2. The lowest BCUT2D eigenvalue weighted by atomic mass is 10.1. The zero-order valence-corrected chi connectivity index (χ0v) is 17.0. The lowest BCUT2D eigenvalue weighted by Gasteiger charge is -2.18. The third-order valence-electron chi connectivity index (χ3n) is 4.63. The smallest absolute Gasteiger partial charge is 0.230 e. The van der Waals surface area contributed by atoms with Crippen molar-refractivity contribution in [3.8, 4) is 0 Å². The SMILES string of the molecule is O=C(CSCc1ccc(Cl)cc1F)NCc1ccccc1CN1CCCC1=O. The van der Waals surface area contributed by atoms with Crippen LogP contribution in [-0.2, 0) is 28.4 Å². The molecular weight excluding hydrogens is 399 g/mol. The number of amides is 2. The van der Waals surface area contributed by atoms with Gasteiger partial charge in [0.2, 0.25) is 11.8 Å². The van der Waals surface area contributed by atoms with Crippen LogP contribution in [0.25, 0.3) is 0 Å². The maximum atomic E-state index is 13.8. The standard InChI is InChI=1S/C21H22ClFN2O2S/c22-18-8-7-17(19(23)10-18)13-28-14-20(26)24-11-15-4-1-2-5-16(15)12-25-9-3-6-21(25)27/h1-2,4-5,7-8,10H,3,6,9,11-14H2,(H,24,26). The molecule has 1 N–H and O–H groups in total. The van der Waals surface area contributed by atoms with Crippen LogP contribution >= 0.6 is 23.4 Å². The van der Waals surface area contributed by atoms with E-state index in [0.29, 0.717) is 35.8 Å². The zero-order valence-electron chi connectivity index (χ0n) is 15.4. The molecule has 0 unspecified atom stereocenters. The van der Waals surface area contributed by atoms with Gasteiger partial charge in [0.05, 0.1) is 5.75 Å². The minimum absolute atomic E-state index is 0.105. The van der Waals surface area contributed by atoms with Gasteiger partial charge in [-0.25, -0.2) is 4.39 Å². The predicted octanol–water partition coefficient (Wildman–Crippen LogP) is 4.15. The minimum Gasteiger partial charge on any atom is -0.351 e. The summed E-state index contributed by atoms with van der Waals surface area (Å²) in [5.41, 5.74) is 2.58. The second kappa shape index (κ2) is 9.94. The fraction of sp³-hybridized carbons (Fsp3) is 0.333. The molecule has 1 heterocycles. The normalized spacial score (nSPS) is 13.8. The fourth-order valence-corrected chi connectivity index (χ4v) is 4.10. The molecule has 0 aliphatic carbocycles. The first-order valence-electron chi connectivity index (χ1n) is 9.16. The Morgan fingerprint density at radius 3 is 2.68 bits per heavy atom. The average molecular weight is 421 g/mol. The zero-order chi connectivity index (χ0) is 19.9. The maximum Gasteiger partial charge on any atom is 0.230 e. The second-order valence-corrected chi connectivity index (χ2v) is 8.11. The molecule has 1 fully saturated rings. The highest BCUT2D eigenvalue weighted by atomic mass is 35.5. The second-order valence-electron chi connectivity index (χ2n) is 6.69. The van der Waals surface area contributed by atoms with Gasteiger partial charge in [0, 0.05) is 36.8 Å². The summed E-state index contributed by atoms with van der Waals surface area (Å²) in [4.78, 5) is 25.9. The molecule has 1 saturated heterocycles. The van der Waals surface area contributed by atoms with Crippen molar-refractivity contribution in [2.75, 3.05) is 12.3 Å². The quantitative estimate of drug-likeness (QED) is 0.697. The minimum atomic E-state index is -0.356. The number of nitrogens with one attached hydrogen (secondary N) is 1. The number of likely N-dealkylation sites (tertiary alicyclic amines) is 1. The molecule has 2 amide bonds. The molecule has 4 nitrogen and oxygen atoms in total. The van der Waals surface area contributed by atoms with Crippen molar-refractivity contribution >= 4 is 35.2 Å². The Morgan fingerprint density at radius 1 is 1.18 bits per heavy atom. The van der Waals surface area contributed by atoms with Crippen molar-refractivity contribution in [3.05, 3.63) is 70.0 Å². The molecular formula is C21H22ClFN2O2S. The Morgan fingerprint density at radius 2 is 1.96 bits per heavy atom. The van der Waals surface area contributed by atoms with Crippen molar-refractivity contribution < 1.29 is 14.0 Å². The molecule has 1 aliphatic rings. The van der Waals surface area contributed by atoms with Crippen LogP contribution in [0, 0.1) is 5.82 Å². The number of halogens is 2. The van der Waals surface area contributed by atoms with Crippen molar-refractivity contribution in [1.82, 2.24) is 10.2 Å². The van der Waals surface area contributed by atoms with Crippen LogP contribution in [0.15, 0.2) is 42.5 Å². The van der Waals surface area contributed by atoms with Gasteiger partial charge in [0.15, 0.2) is 0 Å². The van der Waals surface area contributed by atoms with E-state index < -0.39 is 0 Å². The fourth-order valence-electron chi connectivity index (χ4n) is 3.10. The van der Waals surface area contributed by atoms with Gasteiger partial charge in [-0.1, -0.05) is 41.9 Å². The lowest BCUT2D eigenvalue weighted by molar-refractivity contribution is -0.128. The van der Waals surface area contributed by atoms with Crippen LogP contribution in [0.3, 0.4) is 0 Å². The van der Waals surface area contributed by atoms with Crippen LogP contribution in [0.4, 0.5) is 4.39 Å². The van der Waals surface area contributed by atoms with E-state index in [-0.39, 0.29) is 23.4 Å². The van der Waals surface area contributed by atoms with Crippen molar-refractivity contribution in [3.63, 3.8) is 0 Å². The van der Waals surface area contributed by atoms with E-state index in [1.54, 1.807) is 12.1 Å². The first kappa shape index (κ1) is 20.7. The number of nitrogens with zero attached hydrogens (tertiary/aromatic N) is 1. The number of hydrogen-bond donors (Lipinski definition) is 1. The van der Waals surface area contributed by atoms with Gasteiger partial charge in [0.25, 0.3) is 0 Å². The van der Waals surface area contributed by atoms with Crippen LogP contribution in [0.5, 0.6) is 0 Å². The highest BCUT2D eigenvalue weighted by Gasteiger charge is 2.20. The lowest BCUT2D eigenvalue weighted by Crippen LogP contribution is -2.27. The number of rotatable bonds is 8. The summed E-state index contributed by atoms with van der Waals surface area (Å²) in [6, 6.07) is 12.4. The third kappa shape index (κ3) is 5.72. The van der Waals surface area contributed by atoms with Gasteiger partial charge in [-0.3, -0.25) is 9.59 Å². The third-order valence-corrected chi connectivity index (χ3v) is 5.85. The molecule has 0 aromatic heterocycles. The van der Waals surface area contributed by atoms with Gasteiger partial charge in [-0.2, -0.15) is 0 Å². The van der Waals surface area contributed by atoms with E-state index in [1.807, 2.05) is 29.2 Å². The van der Waals surface area contributed by atoms with Gasteiger partial charge < -0.3 is 10.2 Å². The van der Waals surface area contributed by atoms with E-state index in [0.717, 1.165) is 24.1 Å². The highest BCUT2D eigenvalue weighted by Crippen LogP contribution is 2.20. The number of benzene rings is 2. The summed E-state index contributed by atoms with van der Waals surface area (Å²) in [5.74, 6) is 0.376. The van der Waals surface area contributed by atoms with Crippen LogP contribution in [0.2, 0.25) is 5.02 Å². The molecule has 2 aromatic carbocycles. The molecule has 0 bridgehead atoms. The largest absolute Gasteiger partial charge is 0.351 e. The Labute approximate surface area is 173 Å². The van der Waals surface area contributed by atoms with Crippen LogP contribution < -0.4 is 5.32 Å². The molecule has 28 heavy (non-hydrogen) atoms. The topological polar surface area (TPSA) is 49.4 Å². The highest BCUT2D eigenvalue weighted by molar-refractivity contribution is 7.99. The van der Waals surface area contributed by atoms with E-state index in [2.05, 4.69) is 5.32 Å². The number of thioether (sulfide) groups is 1. The molecule has 0 atom stereocenters. The summed E-state index contributed by atoms with van der Waals surface area (Å²) in [5, 5.41) is 3.27. The Balaban J connectivity index is 1.47. The van der Waals surface area contributed by atoms with Gasteiger partial charge in [0.1, 0.15) is 5.82 Å². The van der Waals surface area contributed by atoms with E-state index in [4.69, 9.17) is 11.6 Å². The molecule has 1 aliphatic heterocycles. The first-order chi connectivity index (χ1) is 13.5. The summed E-state index contributed by atoms with van der Waals surface area (Å²) in [6.45, 7) is 1.78. The predicted molar refractivity (Wildman–Crippen MR) is 111 cm³/mol. The summed E-state index contributed by atoms with van der Waals surface area (Å²) >= 11 is 7.09. The summed E-state index contributed by atoms with van der Waals surface area (Å²) in [6.07, 6.45) is 1.52. The molecule has 148 valence electrons. The summed E-state index contributed by atoms with van der Waals surface area (Å²) in [7, 11) is 0. The van der Waals surface area contributed by atoms with Crippen molar-refractivity contribution in [2.24, 2.45) is 0 Å². The first-order valence-corrected chi connectivity index (χ1v) is 10.7. The van der Waals surface area contributed by atoms with Crippen LogP contribution in [0.1, 0.15) is 29.5 Å². The average Bonchev–Trinajstić information content (AvgIpc) is 3.07. The Kier molecular flexibility index (Phi) is 7.34. The molecule has 0 radical (unpaired) electrons. The van der Waals surface area contributed by atoms with Gasteiger partial charge in [-0.05, 0) is 35.2 Å². The van der Waals surface area contributed by atoms with Crippen LogP contribution in [-0.4, -0.2) is 29.0 Å². The van der Waals surface area contributed by atoms with Crippen molar-refractivity contribution in [2.45, 2.75) is 31.7 Å². The van der Waals surface area contributed by atoms with E-state index in [9.17, 15) is 14.0 Å². The molecule has 0 saturated carbocycles. The van der Waals surface area contributed by atoms with E-state index in [1.165, 1.54) is 17.8 Å².